The van der Waals surface area contributed by atoms with Crippen LogP contribution in [0.25, 0.3) is 23.1 Å². The summed E-state index contributed by atoms with van der Waals surface area (Å²) in [5, 5.41) is 2.64. The second-order valence-corrected chi connectivity index (χ2v) is 7.44. The Hall–Kier alpha value is -2.55. The van der Waals surface area contributed by atoms with Crippen molar-refractivity contribution < 1.29 is 4.57 Å². The Labute approximate surface area is 169 Å². The molecule has 4 heteroatoms. The predicted octanol–water partition coefficient (Wildman–Crippen LogP) is 6.03. The molecule has 134 valence electrons. The molecule has 0 atom stereocenters. The van der Waals surface area contributed by atoms with Crippen molar-refractivity contribution in [3.05, 3.63) is 93.8 Å². The van der Waals surface area contributed by atoms with Gasteiger partial charge in [0.2, 0.25) is 11.2 Å². The van der Waals surface area contributed by atoms with Crippen molar-refractivity contribution in [1.29, 1.82) is 0 Å². The molecule has 0 bridgehead atoms. The van der Waals surface area contributed by atoms with Gasteiger partial charge in [0.25, 0.3) is 0 Å². The smallest absolute Gasteiger partial charge is 0.212 e. The highest BCUT2D eigenvalue weighted by Crippen LogP contribution is 2.31. The molecule has 0 aliphatic carbocycles. The first-order chi connectivity index (χ1) is 13.0. The summed E-state index contributed by atoms with van der Waals surface area (Å²) in [6.45, 7) is 0. The molecule has 1 aliphatic heterocycles. The highest BCUT2D eigenvalue weighted by Gasteiger charge is 2.13. The number of nitrogens with zero attached hydrogens (tertiary/aromatic N) is 2. The lowest BCUT2D eigenvalue weighted by molar-refractivity contribution is -0.646. The van der Waals surface area contributed by atoms with E-state index < -0.39 is 0 Å². The predicted molar refractivity (Wildman–Crippen MR) is 116 cm³/mol. The zero-order chi connectivity index (χ0) is 19.0. The Balaban J connectivity index is 1.63. The van der Waals surface area contributed by atoms with Crippen molar-refractivity contribution in [1.82, 2.24) is 0 Å². The second kappa shape index (κ2) is 7.22. The topological polar surface area (TPSA) is 7.12 Å². The Morgan fingerprint density at radius 2 is 1.70 bits per heavy atom. The van der Waals surface area contributed by atoms with Gasteiger partial charge in [-0.25, -0.2) is 0 Å². The molecule has 4 rings (SSSR count). The van der Waals surface area contributed by atoms with Crippen molar-refractivity contribution in [3.63, 3.8) is 0 Å². The molecule has 0 amide bonds. The largest absolute Gasteiger partial charge is 0.344 e. The highest BCUT2D eigenvalue weighted by molar-refractivity contribution is 6.31. The molecule has 0 unspecified atom stereocenters. The summed E-state index contributed by atoms with van der Waals surface area (Å²) in [6, 6.07) is 16.1. The monoisotopic (exact) mass is 393 g/mol. The van der Waals surface area contributed by atoms with Crippen LogP contribution in [-0.4, -0.2) is 7.05 Å². The Morgan fingerprint density at radius 3 is 2.56 bits per heavy atom. The number of aromatic nitrogens is 1. The van der Waals surface area contributed by atoms with Crippen LogP contribution in [0.5, 0.6) is 0 Å². The van der Waals surface area contributed by atoms with Crippen LogP contribution in [0.15, 0.2) is 72.5 Å². The number of hydrogen-bond donors (Lipinski definition) is 0. The van der Waals surface area contributed by atoms with E-state index in [0.29, 0.717) is 0 Å². The third-order valence-corrected chi connectivity index (χ3v) is 5.35. The van der Waals surface area contributed by atoms with Crippen LogP contribution in [0.4, 0.5) is 5.69 Å². The molecular weight excluding hydrogens is 375 g/mol. The molecule has 0 N–H and O–H groups in total. The number of likely N-dealkylation sites (N-methyl/N-ethyl adjacent to an activating group) is 1. The zero-order valence-corrected chi connectivity index (χ0v) is 16.7. The van der Waals surface area contributed by atoms with E-state index in [4.69, 9.17) is 23.2 Å². The minimum atomic E-state index is 0.754. The molecule has 0 radical (unpaired) electrons. The lowest BCUT2D eigenvalue weighted by Gasteiger charge is -2.26. The molecule has 1 aromatic heterocycles. The summed E-state index contributed by atoms with van der Waals surface area (Å²) >= 11 is 12.2. The summed E-state index contributed by atoms with van der Waals surface area (Å²) in [5.41, 5.74) is 5.67. The summed E-state index contributed by atoms with van der Waals surface area (Å²) in [4.78, 5) is 2.17. The van der Waals surface area contributed by atoms with E-state index in [9.17, 15) is 0 Å². The number of hydrogen-bond acceptors (Lipinski definition) is 1. The van der Waals surface area contributed by atoms with E-state index in [1.54, 1.807) is 0 Å². The van der Waals surface area contributed by atoms with Crippen LogP contribution >= 0.6 is 23.2 Å². The summed E-state index contributed by atoms with van der Waals surface area (Å²) in [6.07, 6.45) is 10.5. The molecule has 0 saturated heterocycles. The molecule has 0 fully saturated rings. The van der Waals surface area contributed by atoms with Crippen LogP contribution < -0.4 is 9.47 Å². The normalized spacial score (nSPS) is 15.1. The van der Waals surface area contributed by atoms with Gasteiger partial charge in [0.15, 0.2) is 0 Å². The van der Waals surface area contributed by atoms with Gasteiger partial charge in [0.1, 0.15) is 7.05 Å². The van der Waals surface area contributed by atoms with Gasteiger partial charge in [-0.05, 0) is 54.1 Å². The number of aryl methyl sites for hydroxylation is 1. The summed E-state index contributed by atoms with van der Waals surface area (Å²) < 4.78 is 2.17. The van der Waals surface area contributed by atoms with Crippen molar-refractivity contribution >= 4 is 51.9 Å². The van der Waals surface area contributed by atoms with Gasteiger partial charge in [-0.3, -0.25) is 0 Å². The minimum Gasteiger partial charge on any atom is -0.344 e. The van der Waals surface area contributed by atoms with Gasteiger partial charge in [-0.1, -0.05) is 35.4 Å². The van der Waals surface area contributed by atoms with E-state index in [0.717, 1.165) is 43.6 Å². The quantitative estimate of drug-likeness (QED) is 0.482. The van der Waals surface area contributed by atoms with Crippen molar-refractivity contribution in [2.45, 2.75) is 0 Å². The van der Waals surface area contributed by atoms with Crippen LogP contribution in [0.1, 0.15) is 11.3 Å². The second-order valence-electron chi connectivity index (χ2n) is 6.57. The number of pyridine rings is 1. The Morgan fingerprint density at radius 1 is 0.926 bits per heavy atom. The number of fused-ring (bicyclic) bond motifs is 2. The molecule has 0 spiro atoms. The van der Waals surface area contributed by atoms with Crippen molar-refractivity contribution in [2.24, 2.45) is 7.05 Å². The van der Waals surface area contributed by atoms with Gasteiger partial charge in [0.05, 0.1) is 0 Å². The third-order valence-electron chi connectivity index (χ3n) is 4.88. The SMILES string of the molecule is CN1C(=CC=Cc2ccc3cc(Cl)ccc3[n+]2C)C=Cc2cc(Cl)ccc21. The lowest BCUT2D eigenvalue weighted by atomic mass is 10.1. The average Bonchev–Trinajstić information content (AvgIpc) is 2.65. The fraction of sp³-hybridized carbons (Fsp3) is 0.0870. The molecule has 2 heterocycles. The molecule has 0 saturated carbocycles. The molecule has 3 aromatic rings. The molecule has 1 aliphatic rings. The first kappa shape index (κ1) is 17.8. The maximum absolute atomic E-state index is 6.09. The van der Waals surface area contributed by atoms with Crippen LogP contribution in [0.2, 0.25) is 10.0 Å². The van der Waals surface area contributed by atoms with E-state index in [-0.39, 0.29) is 0 Å². The zero-order valence-electron chi connectivity index (χ0n) is 15.2. The van der Waals surface area contributed by atoms with E-state index >= 15 is 0 Å². The fourth-order valence-electron chi connectivity index (χ4n) is 3.36. The Bertz CT molecular complexity index is 1130. The van der Waals surface area contributed by atoms with Crippen molar-refractivity contribution in [2.75, 3.05) is 11.9 Å². The standard InChI is InChI=1S/C23H19Cl2N2/c1-26-20(10-6-16-14-18(24)8-12-22(16)26)4-3-5-21-11-7-17-15-19(25)9-13-23(17)27(21)2/h3-15H,1-2H3/q+1. The van der Waals surface area contributed by atoms with E-state index in [1.165, 1.54) is 0 Å². The maximum Gasteiger partial charge on any atom is 0.212 e. The number of anilines is 1. The number of allylic oxidation sites excluding steroid dienone is 3. The van der Waals surface area contributed by atoms with Gasteiger partial charge in [-0.15, -0.1) is 0 Å². The lowest BCUT2D eigenvalue weighted by Crippen LogP contribution is -2.32. The number of benzene rings is 2. The average molecular weight is 394 g/mol. The summed E-state index contributed by atoms with van der Waals surface area (Å²) in [7, 11) is 4.13. The Kier molecular flexibility index (Phi) is 4.77. The van der Waals surface area contributed by atoms with Crippen LogP contribution in [0, 0.1) is 0 Å². The van der Waals surface area contributed by atoms with E-state index in [2.05, 4.69) is 66.1 Å². The molecule has 2 nitrogen and oxygen atoms in total. The number of halogens is 2. The van der Waals surface area contributed by atoms with Gasteiger partial charge in [-0.2, -0.15) is 4.57 Å². The first-order valence-corrected chi connectivity index (χ1v) is 9.46. The first-order valence-electron chi connectivity index (χ1n) is 8.71. The third kappa shape index (κ3) is 3.51. The van der Waals surface area contributed by atoms with E-state index in [1.807, 2.05) is 36.4 Å². The van der Waals surface area contributed by atoms with Crippen LogP contribution in [0.3, 0.4) is 0 Å². The maximum atomic E-state index is 6.09. The van der Waals surface area contributed by atoms with Crippen LogP contribution in [-0.2, 0) is 7.05 Å². The van der Waals surface area contributed by atoms with Crippen molar-refractivity contribution in [3.8, 4) is 0 Å². The highest BCUT2D eigenvalue weighted by atomic mass is 35.5. The van der Waals surface area contributed by atoms with Gasteiger partial charge in [0, 0.05) is 52.1 Å². The molecule has 27 heavy (non-hydrogen) atoms. The summed E-state index contributed by atoms with van der Waals surface area (Å²) in [5.74, 6) is 0. The molecule has 2 aromatic carbocycles. The van der Waals surface area contributed by atoms with Gasteiger partial charge >= 0.3 is 0 Å². The number of rotatable bonds is 2. The fourth-order valence-corrected chi connectivity index (χ4v) is 3.72. The minimum absolute atomic E-state index is 0.754. The molecular formula is C23H19Cl2N2+. The van der Waals surface area contributed by atoms with Gasteiger partial charge < -0.3 is 4.90 Å².